The maximum Gasteiger partial charge on any atom is 0.274 e. The number of carbonyl (C=O) groups is 2. The second-order valence-electron chi connectivity index (χ2n) is 6.07. The van der Waals surface area contributed by atoms with E-state index in [0.717, 1.165) is 10.4 Å². The molecule has 134 valence electrons. The molecule has 0 aliphatic carbocycles. The van der Waals surface area contributed by atoms with Crippen molar-refractivity contribution in [2.24, 2.45) is 0 Å². The first-order chi connectivity index (χ1) is 12.3. The Morgan fingerprint density at radius 1 is 1.15 bits per heavy atom. The lowest BCUT2D eigenvalue weighted by molar-refractivity contribution is 0.101. The van der Waals surface area contributed by atoms with E-state index in [-0.39, 0.29) is 17.5 Å². The summed E-state index contributed by atoms with van der Waals surface area (Å²) in [6.45, 7) is 6.88. The van der Waals surface area contributed by atoms with Crippen molar-refractivity contribution in [2.75, 3.05) is 5.32 Å². The molecule has 1 aromatic carbocycles. The molecule has 0 bridgehead atoms. The molecule has 26 heavy (non-hydrogen) atoms. The summed E-state index contributed by atoms with van der Waals surface area (Å²) in [5.74, 6) is -0.745. The number of H-pyrrole nitrogens is 1. The number of amides is 1. The van der Waals surface area contributed by atoms with Gasteiger partial charge in [0.2, 0.25) is 0 Å². The van der Waals surface area contributed by atoms with Gasteiger partial charge in [-0.15, -0.1) is 11.3 Å². The number of benzene rings is 1. The molecule has 0 aliphatic heterocycles. The summed E-state index contributed by atoms with van der Waals surface area (Å²) >= 11 is 1.34. The molecule has 2 aromatic heterocycles. The van der Waals surface area contributed by atoms with Gasteiger partial charge < -0.3 is 4.98 Å². The molecule has 3 aromatic rings. The Labute approximate surface area is 154 Å². The summed E-state index contributed by atoms with van der Waals surface area (Å²) in [7, 11) is 0. The predicted octanol–water partition coefficient (Wildman–Crippen LogP) is 4.66. The minimum atomic E-state index is -0.350. The first-order valence-corrected chi connectivity index (χ1v) is 8.84. The molecule has 7 heteroatoms. The number of carbonyl (C=O) groups excluding carboxylic acids is 2. The predicted molar refractivity (Wildman–Crippen MR) is 100 cm³/mol. The minimum Gasteiger partial charge on any atom is -0.354 e. The number of thiazole rings is 1. The van der Waals surface area contributed by atoms with Crippen molar-refractivity contribution in [1.82, 2.24) is 9.97 Å². The molecule has 3 rings (SSSR count). The van der Waals surface area contributed by atoms with E-state index in [1.54, 1.807) is 26.0 Å². The molecule has 1 amide bonds. The second kappa shape index (κ2) is 6.84. The summed E-state index contributed by atoms with van der Waals surface area (Å²) in [4.78, 5) is 32.7. The highest BCUT2D eigenvalue weighted by Gasteiger charge is 2.21. The number of nitrogens with one attached hydrogen (secondary N) is 2. The van der Waals surface area contributed by atoms with Gasteiger partial charge in [0.25, 0.3) is 5.91 Å². The number of aromatic amines is 1. The first-order valence-electron chi connectivity index (χ1n) is 8.02. The van der Waals surface area contributed by atoms with Gasteiger partial charge in [0.15, 0.2) is 10.9 Å². The Morgan fingerprint density at radius 3 is 2.38 bits per heavy atom. The Hall–Kier alpha value is -2.80. The number of anilines is 1. The average Bonchev–Trinajstić information content (AvgIpc) is 3.07. The summed E-state index contributed by atoms with van der Waals surface area (Å²) in [5, 5.41) is 3.22. The highest BCUT2D eigenvalue weighted by molar-refractivity contribution is 7.16. The lowest BCUT2D eigenvalue weighted by Gasteiger charge is -2.01. The molecule has 0 saturated carbocycles. The van der Waals surface area contributed by atoms with Crippen molar-refractivity contribution in [3.63, 3.8) is 0 Å². The van der Waals surface area contributed by atoms with E-state index in [1.807, 2.05) is 6.92 Å². The molecule has 0 aliphatic rings. The maximum absolute atomic E-state index is 13.1. The fourth-order valence-electron chi connectivity index (χ4n) is 2.99. The number of Topliss-reactive ketones (excluding diaryl/α,β-unsaturated/α-hetero) is 1. The van der Waals surface area contributed by atoms with E-state index >= 15 is 0 Å². The highest BCUT2D eigenvalue weighted by atomic mass is 32.1. The van der Waals surface area contributed by atoms with Gasteiger partial charge in [-0.1, -0.05) is 0 Å². The summed E-state index contributed by atoms with van der Waals surface area (Å²) in [5.41, 5.74) is 3.67. The van der Waals surface area contributed by atoms with Crippen LogP contribution in [0.25, 0.3) is 11.3 Å². The Morgan fingerprint density at radius 2 is 1.81 bits per heavy atom. The third kappa shape index (κ3) is 3.30. The molecule has 0 fully saturated rings. The van der Waals surface area contributed by atoms with E-state index in [9.17, 15) is 14.0 Å². The van der Waals surface area contributed by atoms with E-state index in [4.69, 9.17) is 0 Å². The van der Waals surface area contributed by atoms with Gasteiger partial charge in [0.05, 0.1) is 5.69 Å². The zero-order valence-electron chi connectivity index (χ0n) is 14.9. The number of rotatable bonds is 4. The van der Waals surface area contributed by atoms with Crippen LogP contribution in [0.2, 0.25) is 0 Å². The van der Waals surface area contributed by atoms with Gasteiger partial charge in [0, 0.05) is 21.7 Å². The van der Waals surface area contributed by atoms with Gasteiger partial charge >= 0.3 is 0 Å². The quantitative estimate of drug-likeness (QED) is 0.655. The number of halogens is 1. The normalized spacial score (nSPS) is 10.8. The van der Waals surface area contributed by atoms with Crippen LogP contribution in [0.4, 0.5) is 9.52 Å². The first kappa shape index (κ1) is 18.0. The SMILES string of the molecule is CC(=O)c1c(C)[nH]c(C(=O)Nc2nc(-c3ccc(F)cc3)c(C)s2)c1C. The smallest absolute Gasteiger partial charge is 0.274 e. The lowest BCUT2D eigenvalue weighted by atomic mass is 10.1. The topological polar surface area (TPSA) is 74.8 Å². The van der Waals surface area contributed by atoms with Crippen LogP contribution in [0.15, 0.2) is 24.3 Å². The summed E-state index contributed by atoms with van der Waals surface area (Å²) in [6, 6.07) is 6.06. The monoisotopic (exact) mass is 371 g/mol. The number of ketones is 1. The van der Waals surface area contributed by atoms with Gasteiger partial charge in [-0.3, -0.25) is 14.9 Å². The van der Waals surface area contributed by atoms with E-state index in [0.29, 0.717) is 33.3 Å². The molecule has 0 atom stereocenters. The standard InChI is InChI=1S/C19H18FN3O2S/c1-9-15(11(3)24)10(2)21-16(9)18(25)23-19-22-17(12(4)26-19)13-5-7-14(20)8-6-13/h5-8,21H,1-4H3,(H,22,23,25). The number of hydrogen-bond acceptors (Lipinski definition) is 4. The van der Waals surface area contributed by atoms with E-state index in [1.165, 1.54) is 30.4 Å². The van der Waals surface area contributed by atoms with Crippen molar-refractivity contribution in [1.29, 1.82) is 0 Å². The molecular weight excluding hydrogens is 353 g/mol. The zero-order chi connectivity index (χ0) is 19.0. The summed E-state index contributed by atoms with van der Waals surface area (Å²) in [6.07, 6.45) is 0. The van der Waals surface area contributed by atoms with Gasteiger partial charge in [0.1, 0.15) is 11.5 Å². The van der Waals surface area contributed by atoms with Crippen LogP contribution in [0.3, 0.4) is 0 Å². The third-order valence-electron chi connectivity index (χ3n) is 4.15. The molecule has 5 nitrogen and oxygen atoms in total. The Balaban J connectivity index is 1.87. The number of nitrogens with zero attached hydrogens (tertiary/aromatic N) is 1. The largest absolute Gasteiger partial charge is 0.354 e. The zero-order valence-corrected chi connectivity index (χ0v) is 15.7. The second-order valence-corrected chi connectivity index (χ2v) is 7.27. The molecule has 0 saturated heterocycles. The fourth-order valence-corrected chi connectivity index (χ4v) is 3.82. The van der Waals surface area contributed by atoms with Crippen LogP contribution >= 0.6 is 11.3 Å². The minimum absolute atomic E-state index is 0.0843. The molecule has 2 N–H and O–H groups in total. The van der Waals surface area contributed by atoms with Crippen molar-refractivity contribution >= 4 is 28.2 Å². The average molecular weight is 371 g/mol. The lowest BCUT2D eigenvalue weighted by Crippen LogP contribution is -2.13. The Bertz CT molecular complexity index is 1000. The number of hydrogen-bond donors (Lipinski definition) is 2. The Kier molecular flexibility index (Phi) is 4.73. The van der Waals surface area contributed by atoms with Gasteiger partial charge in [-0.05, 0) is 57.5 Å². The highest BCUT2D eigenvalue weighted by Crippen LogP contribution is 2.31. The van der Waals surface area contributed by atoms with Crippen LogP contribution in [-0.2, 0) is 0 Å². The van der Waals surface area contributed by atoms with Crippen LogP contribution in [0, 0.1) is 26.6 Å². The fraction of sp³-hybridized carbons (Fsp3) is 0.211. The van der Waals surface area contributed by atoms with Crippen LogP contribution in [0.5, 0.6) is 0 Å². The van der Waals surface area contributed by atoms with Crippen LogP contribution in [0.1, 0.15) is 43.9 Å². The number of aromatic nitrogens is 2. The molecule has 2 heterocycles. The number of aryl methyl sites for hydroxylation is 2. The molecular formula is C19H18FN3O2S. The molecule has 0 unspecified atom stereocenters. The van der Waals surface area contributed by atoms with E-state index < -0.39 is 0 Å². The van der Waals surface area contributed by atoms with Gasteiger partial charge in [-0.2, -0.15) is 0 Å². The van der Waals surface area contributed by atoms with Gasteiger partial charge in [-0.25, -0.2) is 9.37 Å². The van der Waals surface area contributed by atoms with Crippen molar-refractivity contribution in [3.8, 4) is 11.3 Å². The maximum atomic E-state index is 13.1. The third-order valence-corrected chi connectivity index (χ3v) is 5.04. The van der Waals surface area contributed by atoms with E-state index in [2.05, 4.69) is 15.3 Å². The molecule has 0 radical (unpaired) electrons. The molecule has 0 spiro atoms. The summed E-state index contributed by atoms with van der Waals surface area (Å²) < 4.78 is 13.1. The van der Waals surface area contributed by atoms with Crippen LogP contribution in [-0.4, -0.2) is 21.7 Å². The van der Waals surface area contributed by atoms with Crippen molar-refractivity contribution in [2.45, 2.75) is 27.7 Å². The van der Waals surface area contributed by atoms with Crippen molar-refractivity contribution in [3.05, 3.63) is 57.5 Å². The van der Waals surface area contributed by atoms with Crippen LogP contribution < -0.4 is 5.32 Å². The van der Waals surface area contributed by atoms with Crippen molar-refractivity contribution < 1.29 is 14.0 Å².